The van der Waals surface area contributed by atoms with Gasteiger partial charge in [0, 0.05) is 26.3 Å². The molecule has 1 aromatic carbocycles. The van der Waals surface area contributed by atoms with Gasteiger partial charge in [-0.2, -0.15) is 0 Å². The number of nitrogens with one attached hydrogen (secondary N) is 2. The number of carbonyl (C=O) groups is 2. The number of likely N-dealkylation sites (N-methyl/N-ethyl adjacent to an activating group) is 1. The Morgan fingerprint density at radius 3 is 2.56 bits per heavy atom. The normalized spacial score (nSPS) is 14.7. The lowest BCUT2D eigenvalue weighted by atomic mass is 10.0. The van der Waals surface area contributed by atoms with Crippen molar-refractivity contribution in [1.82, 2.24) is 15.6 Å². The quantitative estimate of drug-likeness (QED) is 0.841. The smallest absolute Gasteiger partial charge is 0.255 e. The molecule has 142 valence electrons. The number of hydrogen-bond donors (Lipinski definition) is 2. The Hall–Kier alpha value is -3.03. The van der Waals surface area contributed by atoms with Crippen molar-refractivity contribution in [1.29, 1.82) is 0 Å². The molecule has 1 unspecified atom stereocenters. The summed E-state index contributed by atoms with van der Waals surface area (Å²) in [5.41, 5.74) is 0.476. The number of benzene rings is 1. The number of rotatable bonds is 5. The maximum absolute atomic E-state index is 13.6. The third-order valence-corrected chi connectivity index (χ3v) is 4.50. The Labute approximate surface area is 155 Å². The van der Waals surface area contributed by atoms with Crippen LogP contribution in [0.1, 0.15) is 34.8 Å². The molecule has 2 amide bonds. The monoisotopic (exact) mass is 374 g/mol. The Bertz CT molecular complexity index is 853. The number of pyridine rings is 1. The summed E-state index contributed by atoms with van der Waals surface area (Å²) in [7, 11) is 1.40. The molecule has 3 rings (SSSR count). The molecule has 1 aliphatic rings. The van der Waals surface area contributed by atoms with Gasteiger partial charge < -0.3 is 15.5 Å². The van der Waals surface area contributed by atoms with Gasteiger partial charge in [0.15, 0.2) is 11.6 Å². The highest BCUT2D eigenvalue weighted by atomic mass is 19.2. The second-order valence-electron chi connectivity index (χ2n) is 6.26. The molecule has 0 aliphatic carbocycles. The average molecular weight is 374 g/mol. The van der Waals surface area contributed by atoms with Gasteiger partial charge in [-0.05, 0) is 42.7 Å². The number of carbonyl (C=O) groups excluding carboxylic acids is 2. The van der Waals surface area contributed by atoms with Gasteiger partial charge in [-0.25, -0.2) is 13.8 Å². The first-order chi connectivity index (χ1) is 13.0. The van der Waals surface area contributed by atoms with Crippen LogP contribution < -0.4 is 15.5 Å². The molecular weight excluding hydrogens is 354 g/mol. The summed E-state index contributed by atoms with van der Waals surface area (Å²) in [5.74, 6) is -2.61. The van der Waals surface area contributed by atoms with Crippen LogP contribution in [-0.4, -0.2) is 36.9 Å². The number of anilines is 1. The van der Waals surface area contributed by atoms with Crippen molar-refractivity contribution in [2.45, 2.75) is 18.9 Å². The van der Waals surface area contributed by atoms with E-state index in [1.165, 1.54) is 13.1 Å². The second kappa shape index (κ2) is 8.11. The van der Waals surface area contributed by atoms with E-state index in [9.17, 15) is 18.4 Å². The van der Waals surface area contributed by atoms with Crippen molar-refractivity contribution in [3.05, 3.63) is 59.3 Å². The van der Waals surface area contributed by atoms with E-state index in [1.807, 2.05) is 4.90 Å². The van der Waals surface area contributed by atoms with Crippen LogP contribution in [0.15, 0.2) is 36.5 Å². The molecule has 8 heteroatoms. The Balaban J connectivity index is 1.89. The molecule has 0 radical (unpaired) electrons. The Morgan fingerprint density at radius 1 is 1.15 bits per heavy atom. The molecule has 27 heavy (non-hydrogen) atoms. The summed E-state index contributed by atoms with van der Waals surface area (Å²) in [6.45, 7) is 1.61. The lowest BCUT2D eigenvalue weighted by Crippen LogP contribution is -2.39. The standard InChI is InChI=1S/C19H20F2N4O2/c1-22-19(27)16(12-6-7-14(20)15(21)11-12)24-18(26)13-5-4-8-23-17(13)25-9-2-3-10-25/h4-8,11,16H,2-3,9-10H2,1H3,(H,22,27)(H,24,26). The van der Waals surface area contributed by atoms with Crippen LogP contribution >= 0.6 is 0 Å². The van der Waals surface area contributed by atoms with Gasteiger partial charge in [-0.3, -0.25) is 9.59 Å². The topological polar surface area (TPSA) is 74.3 Å². The fourth-order valence-electron chi connectivity index (χ4n) is 3.10. The van der Waals surface area contributed by atoms with Crippen molar-refractivity contribution >= 4 is 17.6 Å². The highest BCUT2D eigenvalue weighted by molar-refractivity contribution is 6.01. The van der Waals surface area contributed by atoms with E-state index in [0.717, 1.165) is 38.1 Å². The highest BCUT2D eigenvalue weighted by Gasteiger charge is 2.26. The van der Waals surface area contributed by atoms with Crippen LogP contribution in [0.25, 0.3) is 0 Å². The van der Waals surface area contributed by atoms with Crippen LogP contribution in [0.2, 0.25) is 0 Å². The Kier molecular flexibility index (Phi) is 5.63. The van der Waals surface area contributed by atoms with Crippen molar-refractivity contribution in [2.75, 3.05) is 25.0 Å². The number of aromatic nitrogens is 1. The minimum atomic E-state index is -1.16. The molecule has 0 spiro atoms. The van der Waals surface area contributed by atoms with Crippen LogP contribution in [0.5, 0.6) is 0 Å². The predicted molar refractivity (Wildman–Crippen MR) is 96.3 cm³/mol. The van der Waals surface area contributed by atoms with E-state index >= 15 is 0 Å². The predicted octanol–water partition coefficient (Wildman–Crippen LogP) is 2.18. The van der Waals surface area contributed by atoms with Crippen molar-refractivity contribution in [3.8, 4) is 0 Å². The number of halogens is 2. The SMILES string of the molecule is CNC(=O)C(NC(=O)c1cccnc1N1CCCC1)c1ccc(F)c(F)c1. The zero-order chi connectivity index (χ0) is 19.4. The molecule has 1 aliphatic heterocycles. The third kappa shape index (κ3) is 4.05. The van der Waals surface area contributed by atoms with Gasteiger partial charge in [0.2, 0.25) is 5.91 Å². The summed E-state index contributed by atoms with van der Waals surface area (Å²) < 4.78 is 26.8. The van der Waals surface area contributed by atoms with Crippen LogP contribution in [-0.2, 0) is 4.79 Å². The maximum Gasteiger partial charge on any atom is 0.255 e. The molecular formula is C19H20F2N4O2. The van der Waals surface area contributed by atoms with Gasteiger partial charge >= 0.3 is 0 Å². The first-order valence-electron chi connectivity index (χ1n) is 8.68. The van der Waals surface area contributed by atoms with E-state index < -0.39 is 29.5 Å². The molecule has 2 N–H and O–H groups in total. The number of amides is 2. The van der Waals surface area contributed by atoms with Gasteiger partial charge in [0.1, 0.15) is 11.9 Å². The zero-order valence-corrected chi connectivity index (χ0v) is 14.8. The fraction of sp³-hybridized carbons (Fsp3) is 0.316. The van der Waals surface area contributed by atoms with E-state index in [1.54, 1.807) is 18.3 Å². The molecule has 6 nitrogen and oxygen atoms in total. The summed E-state index contributed by atoms with van der Waals surface area (Å²) in [4.78, 5) is 31.4. The summed E-state index contributed by atoms with van der Waals surface area (Å²) >= 11 is 0. The second-order valence-corrected chi connectivity index (χ2v) is 6.26. The fourth-order valence-corrected chi connectivity index (χ4v) is 3.10. The lowest BCUT2D eigenvalue weighted by molar-refractivity contribution is -0.122. The molecule has 0 bridgehead atoms. The van der Waals surface area contributed by atoms with Crippen molar-refractivity contribution in [2.24, 2.45) is 0 Å². The number of hydrogen-bond acceptors (Lipinski definition) is 4. The van der Waals surface area contributed by atoms with E-state index in [4.69, 9.17) is 0 Å². The first kappa shape index (κ1) is 18.8. The zero-order valence-electron chi connectivity index (χ0n) is 14.8. The third-order valence-electron chi connectivity index (χ3n) is 4.50. The van der Waals surface area contributed by atoms with E-state index in [0.29, 0.717) is 11.4 Å². The van der Waals surface area contributed by atoms with Crippen LogP contribution in [0.4, 0.5) is 14.6 Å². The molecule has 1 saturated heterocycles. The van der Waals surface area contributed by atoms with Gasteiger partial charge in [-0.1, -0.05) is 6.07 Å². The van der Waals surface area contributed by atoms with Crippen molar-refractivity contribution in [3.63, 3.8) is 0 Å². The maximum atomic E-state index is 13.6. The van der Waals surface area contributed by atoms with Crippen molar-refractivity contribution < 1.29 is 18.4 Å². The molecule has 2 heterocycles. The lowest BCUT2D eigenvalue weighted by Gasteiger charge is -2.22. The van der Waals surface area contributed by atoms with E-state index in [-0.39, 0.29) is 5.56 Å². The summed E-state index contributed by atoms with van der Waals surface area (Å²) in [5, 5.41) is 5.03. The minimum Gasteiger partial charge on any atom is -0.357 e. The largest absolute Gasteiger partial charge is 0.357 e. The first-order valence-corrected chi connectivity index (χ1v) is 8.68. The number of nitrogens with zero attached hydrogens (tertiary/aromatic N) is 2. The molecule has 2 aromatic rings. The van der Waals surface area contributed by atoms with Crippen LogP contribution in [0.3, 0.4) is 0 Å². The molecule has 1 fully saturated rings. The minimum absolute atomic E-state index is 0.146. The molecule has 1 atom stereocenters. The van der Waals surface area contributed by atoms with Gasteiger partial charge in [-0.15, -0.1) is 0 Å². The van der Waals surface area contributed by atoms with E-state index in [2.05, 4.69) is 15.6 Å². The summed E-state index contributed by atoms with van der Waals surface area (Å²) in [6, 6.07) is 5.20. The average Bonchev–Trinajstić information content (AvgIpc) is 3.22. The van der Waals surface area contributed by atoms with Gasteiger partial charge in [0.25, 0.3) is 5.91 Å². The molecule has 0 saturated carbocycles. The highest BCUT2D eigenvalue weighted by Crippen LogP contribution is 2.23. The molecule has 1 aromatic heterocycles. The Morgan fingerprint density at radius 2 is 1.89 bits per heavy atom. The van der Waals surface area contributed by atoms with Gasteiger partial charge in [0.05, 0.1) is 5.56 Å². The van der Waals surface area contributed by atoms with Crippen LogP contribution in [0, 0.1) is 11.6 Å². The summed E-state index contributed by atoms with van der Waals surface area (Å²) in [6.07, 6.45) is 3.65.